The molecular formula is C14H25NO2. The third-order valence-electron chi connectivity index (χ3n) is 4.64. The summed E-state index contributed by atoms with van der Waals surface area (Å²) in [6.07, 6.45) is 9.10. The van der Waals surface area contributed by atoms with E-state index in [9.17, 15) is 4.79 Å². The number of hydrogen-bond donors (Lipinski definition) is 1. The number of carboxylic acid groups (broad SMARTS) is 1. The predicted molar refractivity (Wildman–Crippen MR) is 68.0 cm³/mol. The van der Waals surface area contributed by atoms with Gasteiger partial charge in [-0.3, -0.25) is 9.69 Å². The lowest BCUT2D eigenvalue weighted by Gasteiger charge is -2.39. The molecule has 98 valence electrons. The van der Waals surface area contributed by atoms with Gasteiger partial charge < -0.3 is 5.11 Å². The van der Waals surface area contributed by atoms with Gasteiger partial charge in [-0.2, -0.15) is 0 Å². The topological polar surface area (TPSA) is 40.5 Å². The maximum atomic E-state index is 10.9. The van der Waals surface area contributed by atoms with Crippen LogP contribution in [0, 0.1) is 5.92 Å². The predicted octanol–water partition coefficient (Wildman–Crippen LogP) is 2.89. The summed E-state index contributed by atoms with van der Waals surface area (Å²) in [6.45, 7) is 3.40. The van der Waals surface area contributed by atoms with E-state index in [1.54, 1.807) is 0 Å². The summed E-state index contributed by atoms with van der Waals surface area (Å²) in [4.78, 5) is 13.4. The van der Waals surface area contributed by atoms with Crippen LogP contribution in [0.5, 0.6) is 0 Å². The van der Waals surface area contributed by atoms with Gasteiger partial charge in [0, 0.05) is 12.1 Å². The third-order valence-corrected chi connectivity index (χ3v) is 4.64. The molecule has 0 amide bonds. The molecule has 2 fully saturated rings. The van der Waals surface area contributed by atoms with Gasteiger partial charge in [0.25, 0.3) is 0 Å². The summed E-state index contributed by atoms with van der Waals surface area (Å²) in [6, 6.07) is 0.978. The number of nitrogens with zero attached hydrogens (tertiary/aromatic N) is 1. The minimum Gasteiger partial charge on any atom is -0.481 e. The van der Waals surface area contributed by atoms with Gasteiger partial charge in [-0.15, -0.1) is 0 Å². The van der Waals surface area contributed by atoms with Gasteiger partial charge in [-0.1, -0.05) is 19.8 Å². The molecule has 3 nitrogen and oxygen atoms in total. The van der Waals surface area contributed by atoms with Crippen LogP contribution >= 0.6 is 0 Å². The molecule has 1 aliphatic heterocycles. The van der Waals surface area contributed by atoms with E-state index in [1.807, 2.05) is 0 Å². The molecule has 1 heterocycles. The van der Waals surface area contributed by atoms with Gasteiger partial charge in [0.2, 0.25) is 0 Å². The van der Waals surface area contributed by atoms with E-state index in [1.165, 1.54) is 38.5 Å². The normalized spacial score (nSPS) is 35.0. The fourth-order valence-electron chi connectivity index (χ4n) is 3.64. The minimum absolute atomic E-state index is 0.307. The van der Waals surface area contributed by atoms with Crippen molar-refractivity contribution in [3.63, 3.8) is 0 Å². The van der Waals surface area contributed by atoms with Crippen molar-refractivity contribution in [2.75, 3.05) is 6.54 Å². The van der Waals surface area contributed by atoms with Crippen molar-refractivity contribution < 1.29 is 9.90 Å². The zero-order valence-corrected chi connectivity index (χ0v) is 10.9. The molecule has 0 aromatic carbocycles. The molecule has 3 heteroatoms. The maximum Gasteiger partial charge on any atom is 0.304 e. The summed E-state index contributed by atoms with van der Waals surface area (Å²) >= 11 is 0. The molecule has 1 aliphatic carbocycles. The zero-order valence-electron chi connectivity index (χ0n) is 10.9. The van der Waals surface area contributed by atoms with Crippen molar-refractivity contribution in [1.82, 2.24) is 4.90 Å². The van der Waals surface area contributed by atoms with Crippen LogP contribution in [-0.4, -0.2) is 34.6 Å². The molecule has 1 N–H and O–H groups in total. The second-order valence-corrected chi connectivity index (χ2v) is 5.73. The molecule has 0 aromatic rings. The fraction of sp³-hybridized carbons (Fsp3) is 0.929. The van der Waals surface area contributed by atoms with Crippen molar-refractivity contribution in [3.05, 3.63) is 0 Å². The van der Waals surface area contributed by atoms with Crippen molar-refractivity contribution in [3.8, 4) is 0 Å². The van der Waals surface area contributed by atoms with Crippen LogP contribution in [0.1, 0.15) is 58.3 Å². The molecule has 3 unspecified atom stereocenters. The van der Waals surface area contributed by atoms with Crippen LogP contribution in [-0.2, 0) is 4.79 Å². The molecule has 0 radical (unpaired) electrons. The van der Waals surface area contributed by atoms with E-state index in [0.29, 0.717) is 18.5 Å². The van der Waals surface area contributed by atoms with Gasteiger partial charge in [-0.25, -0.2) is 0 Å². The second-order valence-electron chi connectivity index (χ2n) is 5.73. The van der Waals surface area contributed by atoms with Crippen molar-refractivity contribution in [2.24, 2.45) is 5.92 Å². The van der Waals surface area contributed by atoms with E-state index in [-0.39, 0.29) is 0 Å². The van der Waals surface area contributed by atoms with E-state index < -0.39 is 5.97 Å². The lowest BCUT2D eigenvalue weighted by atomic mass is 9.96. The summed E-state index contributed by atoms with van der Waals surface area (Å²) in [5.74, 6) is 0.249. The van der Waals surface area contributed by atoms with Crippen molar-refractivity contribution in [2.45, 2.75) is 70.4 Å². The average molecular weight is 239 g/mol. The minimum atomic E-state index is -0.632. The van der Waals surface area contributed by atoms with E-state index >= 15 is 0 Å². The van der Waals surface area contributed by atoms with Crippen LogP contribution < -0.4 is 0 Å². The Labute approximate surface area is 104 Å². The van der Waals surface area contributed by atoms with Gasteiger partial charge >= 0.3 is 5.97 Å². The molecule has 2 rings (SSSR count). The molecule has 1 saturated heterocycles. The Hall–Kier alpha value is -0.570. The van der Waals surface area contributed by atoms with E-state index in [4.69, 9.17) is 5.11 Å². The monoisotopic (exact) mass is 239 g/mol. The first-order chi connectivity index (χ1) is 8.20. The van der Waals surface area contributed by atoms with E-state index in [2.05, 4.69) is 11.8 Å². The number of carbonyl (C=O) groups is 1. The molecule has 0 spiro atoms. The summed E-state index contributed by atoms with van der Waals surface area (Å²) in [5.41, 5.74) is 0. The van der Waals surface area contributed by atoms with Crippen LogP contribution in [0.2, 0.25) is 0 Å². The number of rotatable bonds is 4. The number of likely N-dealkylation sites (tertiary alicyclic amines) is 1. The molecule has 0 bridgehead atoms. The Morgan fingerprint density at radius 2 is 2.12 bits per heavy atom. The van der Waals surface area contributed by atoms with Crippen LogP contribution in [0.15, 0.2) is 0 Å². The zero-order chi connectivity index (χ0) is 12.3. The molecular weight excluding hydrogens is 214 g/mol. The Kier molecular flexibility index (Phi) is 4.43. The number of carboxylic acids is 1. The largest absolute Gasteiger partial charge is 0.481 e. The SMILES string of the molecule is CCC1CCC(N2CCCCC2CC(=O)O)C1. The van der Waals surface area contributed by atoms with Crippen molar-refractivity contribution >= 4 is 5.97 Å². The molecule has 17 heavy (non-hydrogen) atoms. The average Bonchev–Trinajstić information content (AvgIpc) is 2.77. The quantitative estimate of drug-likeness (QED) is 0.820. The van der Waals surface area contributed by atoms with Crippen LogP contribution in [0.3, 0.4) is 0 Å². The first kappa shape index (κ1) is 12.9. The molecule has 2 aliphatic rings. The number of piperidine rings is 1. The van der Waals surface area contributed by atoms with Crippen molar-refractivity contribution in [1.29, 1.82) is 0 Å². The first-order valence-corrected chi connectivity index (χ1v) is 7.18. The van der Waals surface area contributed by atoms with Crippen LogP contribution in [0.4, 0.5) is 0 Å². The van der Waals surface area contributed by atoms with Gasteiger partial charge in [0.05, 0.1) is 6.42 Å². The first-order valence-electron chi connectivity index (χ1n) is 7.18. The Morgan fingerprint density at radius 3 is 2.76 bits per heavy atom. The highest BCUT2D eigenvalue weighted by molar-refractivity contribution is 5.67. The standard InChI is InChI=1S/C14H25NO2/c1-2-11-6-7-13(9-11)15-8-4-3-5-12(15)10-14(16)17/h11-13H,2-10H2,1H3,(H,16,17). The Morgan fingerprint density at radius 1 is 1.29 bits per heavy atom. The van der Waals surface area contributed by atoms with Gasteiger partial charge in [0.15, 0.2) is 0 Å². The summed E-state index contributed by atoms with van der Waals surface area (Å²) < 4.78 is 0. The van der Waals surface area contributed by atoms with Crippen LogP contribution in [0.25, 0.3) is 0 Å². The Bertz CT molecular complexity index is 267. The molecule has 1 saturated carbocycles. The number of aliphatic carboxylic acids is 1. The van der Waals surface area contributed by atoms with Gasteiger partial charge in [-0.05, 0) is 44.6 Å². The molecule has 0 aromatic heterocycles. The van der Waals surface area contributed by atoms with E-state index in [0.717, 1.165) is 18.9 Å². The Balaban J connectivity index is 1.94. The summed E-state index contributed by atoms with van der Waals surface area (Å²) in [7, 11) is 0. The molecule has 3 atom stereocenters. The second kappa shape index (κ2) is 5.85. The fourth-order valence-corrected chi connectivity index (χ4v) is 3.64. The third kappa shape index (κ3) is 3.21. The number of hydrogen-bond acceptors (Lipinski definition) is 2. The maximum absolute atomic E-state index is 10.9. The smallest absolute Gasteiger partial charge is 0.304 e. The lowest BCUT2D eigenvalue weighted by Crippen LogP contribution is -2.46. The lowest BCUT2D eigenvalue weighted by molar-refractivity contribution is -0.139. The highest BCUT2D eigenvalue weighted by Gasteiger charge is 2.34. The highest BCUT2D eigenvalue weighted by atomic mass is 16.4. The highest BCUT2D eigenvalue weighted by Crippen LogP contribution is 2.35. The summed E-state index contributed by atoms with van der Waals surface area (Å²) in [5, 5.41) is 9.00. The van der Waals surface area contributed by atoms with Gasteiger partial charge in [0.1, 0.15) is 0 Å².